The first-order chi connectivity index (χ1) is 17.1. The largest absolute Gasteiger partial charge is 0.370 e. The van der Waals surface area contributed by atoms with E-state index < -0.39 is 0 Å². The molecule has 3 heteroatoms. The van der Waals surface area contributed by atoms with E-state index in [-0.39, 0.29) is 11.8 Å². The standard InChI is InChI=1S/C32H63NO2/c1-3-4-5-6-7-8-9-12-15-18-21-24-27-30(2)31(34)28-25-22-19-16-13-10-11-14-17-20-23-26-29-32(33)35/h30H,3-29H2,1-2H3,(H2,33,35). The topological polar surface area (TPSA) is 60.2 Å². The monoisotopic (exact) mass is 493 g/mol. The Bertz CT molecular complexity index is 462. The van der Waals surface area contributed by atoms with Crippen LogP contribution in [-0.4, -0.2) is 11.7 Å². The van der Waals surface area contributed by atoms with Crippen LogP contribution in [0.4, 0.5) is 0 Å². The summed E-state index contributed by atoms with van der Waals surface area (Å²) in [5.74, 6) is 0.608. The summed E-state index contributed by atoms with van der Waals surface area (Å²) in [4.78, 5) is 23.1. The van der Waals surface area contributed by atoms with E-state index in [9.17, 15) is 9.59 Å². The summed E-state index contributed by atoms with van der Waals surface area (Å²) < 4.78 is 0. The Balaban J connectivity index is 3.30. The van der Waals surface area contributed by atoms with Gasteiger partial charge in [0, 0.05) is 18.8 Å². The van der Waals surface area contributed by atoms with Crippen LogP contribution in [0.1, 0.15) is 187 Å². The molecule has 0 aromatic heterocycles. The lowest BCUT2D eigenvalue weighted by Gasteiger charge is -2.10. The molecule has 0 heterocycles. The van der Waals surface area contributed by atoms with Crippen LogP contribution in [0.3, 0.4) is 0 Å². The van der Waals surface area contributed by atoms with Crippen LogP contribution in [0.15, 0.2) is 0 Å². The van der Waals surface area contributed by atoms with Crippen molar-refractivity contribution in [1.29, 1.82) is 0 Å². The molecule has 0 saturated carbocycles. The predicted octanol–water partition coefficient (Wildman–Crippen LogP) is 10.2. The van der Waals surface area contributed by atoms with Gasteiger partial charge < -0.3 is 5.73 Å². The second-order valence-corrected chi connectivity index (χ2v) is 11.3. The summed E-state index contributed by atoms with van der Waals surface area (Å²) in [5.41, 5.74) is 5.16. The van der Waals surface area contributed by atoms with Crippen molar-refractivity contribution < 1.29 is 9.59 Å². The molecule has 0 fully saturated rings. The highest BCUT2D eigenvalue weighted by Gasteiger charge is 2.11. The van der Waals surface area contributed by atoms with Crippen molar-refractivity contribution in [2.75, 3.05) is 0 Å². The summed E-state index contributed by atoms with van der Waals surface area (Å²) in [6.45, 7) is 4.43. The Hall–Kier alpha value is -0.860. The average Bonchev–Trinajstić information content (AvgIpc) is 2.84. The number of carbonyl (C=O) groups excluding carboxylic acids is 2. The second-order valence-electron chi connectivity index (χ2n) is 11.3. The third kappa shape index (κ3) is 27.6. The lowest BCUT2D eigenvalue weighted by Crippen LogP contribution is -2.10. The Morgan fingerprint density at radius 3 is 1.17 bits per heavy atom. The Morgan fingerprint density at radius 1 is 0.486 bits per heavy atom. The van der Waals surface area contributed by atoms with Gasteiger partial charge in [0.2, 0.25) is 5.91 Å². The van der Waals surface area contributed by atoms with Gasteiger partial charge in [-0.15, -0.1) is 0 Å². The number of unbranched alkanes of at least 4 members (excludes halogenated alkanes) is 22. The Morgan fingerprint density at radius 2 is 0.800 bits per heavy atom. The molecule has 1 unspecified atom stereocenters. The first-order valence-electron chi connectivity index (χ1n) is 15.9. The number of nitrogens with two attached hydrogens (primary N) is 1. The van der Waals surface area contributed by atoms with Crippen molar-refractivity contribution in [3.05, 3.63) is 0 Å². The zero-order valence-electron chi connectivity index (χ0n) is 24.1. The molecule has 0 aromatic rings. The molecule has 0 spiro atoms. The van der Waals surface area contributed by atoms with Crippen molar-refractivity contribution in [2.24, 2.45) is 11.7 Å². The Kier molecular flexibility index (Phi) is 27.0. The van der Waals surface area contributed by atoms with E-state index in [1.54, 1.807) is 0 Å². The van der Waals surface area contributed by atoms with E-state index in [1.165, 1.54) is 135 Å². The van der Waals surface area contributed by atoms with Crippen LogP contribution in [-0.2, 0) is 9.59 Å². The Labute approximate surface area is 220 Å². The lowest BCUT2D eigenvalue weighted by molar-refractivity contribution is -0.122. The van der Waals surface area contributed by atoms with Crippen LogP contribution in [0.5, 0.6) is 0 Å². The maximum absolute atomic E-state index is 12.4. The SMILES string of the molecule is CCCCCCCCCCCCCCC(C)C(=O)CCCCCCCCCCCCCCC(N)=O. The van der Waals surface area contributed by atoms with Crippen LogP contribution >= 0.6 is 0 Å². The molecule has 3 nitrogen and oxygen atoms in total. The van der Waals surface area contributed by atoms with E-state index in [0.717, 1.165) is 32.1 Å². The fourth-order valence-electron chi connectivity index (χ4n) is 5.07. The van der Waals surface area contributed by atoms with Crippen LogP contribution < -0.4 is 5.73 Å². The third-order valence-electron chi connectivity index (χ3n) is 7.64. The highest BCUT2D eigenvalue weighted by Crippen LogP contribution is 2.18. The molecule has 0 saturated heterocycles. The molecule has 0 aromatic carbocycles. The maximum Gasteiger partial charge on any atom is 0.217 e. The van der Waals surface area contributed by atoms with Gasteiger partial charge in [0.1, 0.15) is 5.78 Å². The summed E-state index contributed by atoms with van der Waals surface area (Å²) in [6.07, 6.45) is 33.9. The highest BCUT2D eigenvalue weighted by atomic mass is 16.1. The van der Waals surface area contributed by atoms with Crippen molar-refractivity contribution >= 4 is 11.7 Å². The van der Waals surface area contributed by atoms with Gasteiger partial charge in [-0.2, -0.15) is 0 Å². The smallest absolute Gasteiger partial charge is 0.217 e. The molecule has 0 bridgehead atoms. The number of Topliss-reactive ketones (excluding diaryl/α,β-unsaturated/α-hetero) is 1. The number of primary amides is 1. The van der Waals surface area contributed by atoms with Gasteiger partial charge in [0.25, 0.3) is 0 Å². The number of amides is 1. The molecule has 0 aliphatic carbocycles. The number of rotatable bonds is 29. The molecule has 35 heavy (non-hydrogen) atoms. The first-order valence-corrected chi connectivity index (χ1v) is 15.9. The van der Waals surface area contributed by atoms with Crippen LogP contribution in [0.2, 0.25) is 0 Å². The average molecular weight is 494 g/mol. The van der Waals surface area contributed by atoms with Crippen LogP contribution in [0.25, 0.3) is 0 Å². The normalized spacial score (nSPS) is 12.2. The predicted molar refractivity (Wildman–Crippen MR) is 154 cm³/mol. The van der Waals surface area contributed by atoms with Gasteiger partial charge in [-0.1, -0.05) is 155 Å². The van der Waals surface area contributed by atoms with E-state index in [0.29, 0.717) is 12.2 Å². The van der Waals surface area contributed by atoms with E-state index in [2.05, 4.69) is 13.8 Å². The number of carbonyl (C=O) groups is 2. The van der Waals surface area contributed by atoms with Crippen molar-refractivity contribution in [3.8, 4) is 0 Å². The summed E-state index contributed by atoms with van der Waals surface area (Å²) in [7, 11) is 0. The molecular formula is C32H63NO2. The van der Waals surface area contributed by atoms with E-state index in [4.69, 9.17) is 5.73 Å². The fourth-order valence-corrected chi connectivity index (χ4v) is 5.07. The van der Waals surface area contributed by atoms with Crippen LogP contribution in [0, 0.1) is 5.92 Å². The fraction of sp³-hybridized carbons (Fsp3) is 0.938. The van der Waals surface area contributed by atoms with Crippen molar-refractivity contribution in [1.82, 2.24) is 0 Å². The third-order valence-corrected chi connectivity index (χ3v) is 7.64. The maximum atomic E-state index is 12.4. The van der Waals surface area contributed by atoms with Crippen molar-refractivity contribution in [2.45, 2.75) is 187 Å². The molecule has 0 aliphatic heterocycles. The molecule has 0 radical (unpaired) electrons. The van der Waals surface area contributed by atoms with Crippen molar-refractivity contribution in [3.63, 3.8) is 0 Å². The summed E-state index contributed by atoms with van der Waals surface area (Å²) in [6, 6.07) is 0. The zero-order valence-corrected chi connectivity index (χ0v) is 24.1. The minimum Gasteiger partial charge on any atom is -0.370 e. The number of hydrogen-bond acceptors (Lipinski definition) is 2. The number of hydrogen-bond donors (Lipinski definition) is 1. The molecule has 2 N–H and O–H groups in total. The molecule has 208 valence electrons. The zero-order chi connectivity index (χ0) is 25.8. The summed E-state index contributed by atoms with van der Waals surface area (Å²) in [5, 5.41) is 0. The highest BCUT2D eigenvalue weighted by molar-refractivity contribution is 5.80. The minimum absolute atomic E-state index is 0.168. The molecular weight excluding hydrogens is 430 g/mol. The first kappa shape index (κ1) is 34.1. The molecule has 0 rings (SSSR count). The van der Waals surface area contributed by atoms with Gasteiger partial charge in [-0.25, -0.2) is 0 Å². The number of ketones is 1. The van der Waals surface area contributed by atoms with Gasteiger partial charge >= 0.3 is 0 Å². The molecule has 0 aliphatic rings. The van der Waals surface area contributed by atoms with Gasteiger partial charge in [-0.05, 0) is 19.3 Å². The summed E-state index contributed by atoms with van der Waals surface area (Å²) >= 11 is 0. The quantitative estimate of drug-likeness (QED) is 0.105. The second kappa shape index (κ2) is 27.7. The van der Waals surface area contributed by atoms with E-state index in [1.807, 2.05) is 0 Å². The lowest BCUT2D eigenvalue weighted by atomic mass is 9.94. The van der Waals surface area contributed by atoms with Gasteiger partial charge in [0.05, 0.1) is 0 Å². The van der Waals surface area contributed by atoms with Gasteiger partial charge in [-0.3, -0.25) is 9.59 Å². The molecule has 1 atom stereocenters. The van der Waals surface area contributed by atoms with Gasteiger partial charge in [0.15, 0.2) is 0 Å². The van der Waals surface area contributed by atoms with E-state index >= 15 is 0 Å². The minimum atomic E-state index is -0.168. The molecule has 1 amide bonds.